The lowest BCUT2D eigenvalue weighted by Crippen LogP contribution is -2.34. The van der Waals surface area contributed by atoms with Crippen molar-refractivity contribution in [2.75, 3.05) is 19.5 Å². The molecule has 32 heavy (non-hydrogen) atoms. The Morgan fingerprint density at radius 2 is 1.91 bits per heavy atom. The van der Waals surface area contributed by atoms with Crippen LogP contribution in [0.15, 0.2) is 65.1 Å². The Hall–Kier alpha value is -3.62. The van der Waals surface area contributed by atoms with E-state index in [1.807, 2.05) is 6.07 Å². The molecule has 0 aliphatic heterocycles. The first-order chi connectivity index (χ1) is 15.5. The number of ether oxygens (including phenoxy) is 2. The number of nitrogens with zero attached hydrogens (tertiary/aromatic N) is 1. The number of anilines is 1. The number of thiocarbonyl (C=S) groups is 1. The van der Waals surface area contributed by atoms with Crippen LogP contribution in [0.3, 0.4) is 0 Å². The second-order valence-corrected chi connectivity index (χ2v) is 7.51. The van der Waals surface area contributed by atoms with Crippen LogP contribution >= 0.6 is 23.8 Å². The van der Waals surface area contributed by atoms with Crippen LogP contribution < -0.4 is 20.1 Å². The van der Waals surface area contributed by atoms with E-state index in [4.69, 9.17) is 37.7 Å². The van der Waals surface area contributed by atoms with Gasteiger partial charge in [-0.25, -0.2) is 4.98 Å². The summed E-state index contributed by atoms with van der Waals surface area (Å²) in [5, 5.41) is 6.25. The predicted octanol–water partition coefficient (Wildman–Crippen LogP) is 5.29. The van der Waals surface area contributed by atoms with Gasteiger partial charge < -0.3 is 19.2 Å². The summed E-state index contributed by atoms with van der Waals surface area (Å²) >= 11 is 11.5. The SMILES string of the molecule is COc1cccc(C(=O)NC(=S)Nc2ccc3oc(-c4ccc(OC)c(Cl)c4)nc3c2)c1. The van der Waals surface area contributed by atoms with E-state index >= 15 is 0 Å². The molecule has 1 amide bonds. The highest BCUT2D eigenvalue weighted by Crippen LogP contribution is 2.32. The predicted molar refractivity (Wildman–Crippen MR) is 128 cm³/mol. The lowest BCUT2D eigenvalue weighted by atomic mass is 10.2. The molecule has 0 saturated carbocycles. The van der Waals surface area contributed by atoms with Crippen molar-refractivity contribution in [2.45, 2.75) is 0 Å². The zero-order valence-corrected chi connectivity index (χ0v) is 18.7. The van der Waals surface area contributed by atoms with E-state index in [1.54, 1.807) is 61.7 Å². The molecule has 2 N–H and O–H groups in total. The zero-order valence-electron chi connectivity index (χ0n) is 17.1. The third-order valence-corrected chi connectivity index (χ3v) is 5.10. The number of carbonyl (C=O) groups excluding carboxylic acids is 1. The normalized spacial score (nSPS) is 10.6. The van der Waals surface area contributed by atoms with Gasteiger partial charge in [0.2, 0.25) is 5.89 Å². The highest BCUT2D eigenvalue weighted by molar-refractivity contribution is 7.80. The molecule has 1 heterocycles. The molecule has 0 aliphatic rings. The second kappa shape index (κ2) is 9.25. The maximum atomic E-state index is 12.4. The van der Waals surface area contributed by atoms with Crippen molar-refractivity contribution < 1.29 is 18.7 Å². The Morgan fingerprint density at radius 1 is 1.06 bits per heavy atom. The highest BCUT2D eigenvalue weighted by Gasteiger charge is 2.13. The van der Waals surface area contributed by atoms with Crippen LogP contribution in [0.4, 0.5) is 5.69 Å². The van der Waals surface area contributed by atoms with Gasteiger partial charge in [-0.15, -0.1) is 0 Å². The van der Waals surface area contributed by atoms with Gasteiger partial charge in [0.1, 0.15) is 17.0 Å². The van der Waals surface area contributed by atoms with Crippen LogP contribution in [0.5, 0.6) is 11.5 Å². The second-order valence-electron chi connectivity index (χ2n) is 6.69. The Morgan fingerprint density at radius 3 is 2.66 bits per heavy atom. The molecule has 3 aromatic carbocycles. The molecule has 9 heteroatoms. The third kappa shape index (κ3) is 4.66. The molecule has 4 aromatic rings. The van der Waals surface area contributed by atoms with Crippen molar-refractivity contribution in [2.24, 2.45) is 0 Å². The van der Waals surface area contributed by atoms with Gasteiger partial charge in [-0.3, -0.25) is 10.1 Å². The van der Waals surface area contributed by atoms with Crippen LogP contribution in [0, 0.1) is 0 Å². The summed E-state index contributed by atoms with van der Waals surface area (Å²) < 4.78 is 16.1. The van der Waals surface area contributed by atoms with Crippen LogP contribution in [0.1, 0.15) is 10.4 Å². The summed E-state index contributed by atoms with van der Waals surface area (Å²) in [5.74, 6) is 1.24. The van der Waals surface area contributed by atoms with Gasteiger partial charge in [-0.2, -0.15) is 0 Å². The molecule has 0 saturated heterocycles. The minimum atomic E-state index is -0.345. The van der Waals surface area contributed by atoms with E-state index in [-0.39, 0.29) is 11.0 Å². The summed E-state index contributed by atoms with van der Waals surface area (Å²) in [6, 6.07) is 17.4. The van der Waals surface area contributed by atoms with Gasteiger partial charge >= 0.3 is 0 Å². The summed E-state index contributed by atoms with van der Waals surface area (Å²) in [4.78, 5) is 16.9. The van der Waals surface area contributed by atoms with Gasteiger partial charge in [0, 0.05) is 16.8 Å². The summed E-state index contributed by atoms with van der Waals surface area (Å²) in [7, 11) is 3.09. The Kier molecular flexibility index (Phi) is 6.25. The molecule has 0 aliphatic carbocycles. The molecule has 162 valence electrons. The fourth-order valence-corrected chi connectivity index (χ4v) is 3.50. The average Bonchev–Trinajstić information content (AvgIpc) is 3.22. The number of amides is 1. The number of oxazole rings is 1. The van der Waals surface area contributed by atoms with E-state index in [2.05, 4.69) is 15.6 Å². The summed E-state index contributed by atoms with van der Waals surface area (Å²) in [6.07, 6.45) is 0. The van der Waals surface area contributed by atoms with E-state index in [0.29, 0.717) is 44.8 Å². The van der Waals surface area contributed by atoms with Crippen molar-refractivity contribution in [1.82, 2.24) is 10.3 Å². The third-order valence-electron chi connectivity index (χ3n) is 4.60. The highest BCUT2D eigenvalue weighted by atomic mass is 35.5. The number of hydrogen-bond acceptors (Lipinski definition) is 6. The fourth-order valence-electron chi connectivity index (χ4n) is 3.03. The Labute approximate surface area is 194 Å². The molecule has 7 nitrogen and oxygen atoms in total. The maximum Gasteiger partial charge on any atom is 0.257 e. The minimum Gasteiger partial charge on any atom is -0.497 e. The van der Waals surface area contributed by atoms with Gasteiger partial charge in [0.15, 0.2) is 10.7 Å². The Balaban J connectivity index is 1.48. The molecular weight excluding hydrogens is 450 g/mol. The topological polar surface area (TPSA) is 85.6 Å². The first kappa shape index (κ1) is 21.6. The number of nitrogens with one attached hydrogen (secondary N) is 2. The maximum absolute atomic E-state index is 12.4. The first-order valence-electron chi connectivity index (χ1n) is 9.47. The number of carbonyl (C=O) groups is 1. The molecule has 4 rings (SSSR count). The number of rotatable bonds is 5. The van der Waals surface area contributed by atoms with Crippen molar-refractivity contribution in [1.29, 1.82) is 0 Å². The average molecular weight is 468 g/mol. The molecule has 1 aromatic heterocycles. The fraction of sp³-hybridized carbons (Fsp3) is 0.0870. The lowest BCUT2D eigenvalue weighted by Gasteiger charge is -2.10. The summed E-state index contributed by atoms with van der Waals surface area (Å²) in [6.45, 7) is 0. The number of halogens is 1. The Bertz CT molecular complexity index is 1320. The van der Waals surface area contributed by atoms with E-state index < -0.39 is 0 Å². The number of aromatic nitrogens is 1. The minimum absolute atomic E-state index is 0.155. The van der Waals surface area contributed by atoms with Crippen molar-refractivity contribution >= 4 is 51.6 Å². The summed E-state index contributed by atoms with van der Waals surface area (Å²) in [5.41, 5.74) is 3.04. The largest absolute Gasteiger partial charge is 0.497 e. The number of benzene rings is 3. The molecular formula is C23H18ClN3O4S. The van der Waals surface area contributed by atoms with Gasteiger partial charge in [0.25, 0.3) is 5.91 Å². The van der Waals surface area contributed by atoms with Crippen molar-refractivity contribution in [3.63, 3.8) is 0 Å². The molecule has 0 atom stereocenters. The van der Waals surface area contributed by atoms with Gasteiger partial charge in [-0.05, 0) is 66.8 Å². The molecule has 0 bridgehead atoms. The van der Waals surface area contributed by atoms with E-state index in [1.165, 1.54) is 7.11 Å². The quantitative estimate of drug-likeness (QED) is 0.385. The van der Waals surface area contributed by atoms with Crippen LogP contribution in [0.2, 0.25) is 5.02 Å². The number of fused-ring (bicyclic) bond motifs is 1. The standard InChI is InChI=1S/C23H18ClN3O4S/c1-29-16-5-3-4-13(10-16)21(28)27-23(32)25-15-7-9-20-18(12-15)26-22(31-20)14-6-8-19(30-2)17(24)11-14/h3-12H,1-2H3,(H2,25,27,28,32). The molecule has 0 fully saturated rings. The number of hydrogen-bond donors (Lipinski definition) is 2. The monoisotopic (exact) mass is 467 g/mol. The smallest absolute Gasteiger partial charge is 0.257 e. The number of methoxy groups -OCH3 is 2. The van der Waals surface area contributed by atoms with E-state index in [0.717, 1.165) is 5.56 Å². The first-order valence-corrected chi connectivity index (χ1v) is 10.3. The molecule has 0 spiro atoms. The zero-order chi connectivity index (χ0) is 22.7. The van der Waals surface area contributed by atoms with Gasteiger partial charge in [0.05, 0.1) is 19.2 Å². The molecule has 0 unspecified atom stereocenters. The van der Waals surface area contributed by atoms with Crippen molar-refractivity contribution in [3.8, 4) is 23.0 Å². The van der Waals surface area contributed by atoms with Gasteiger partial charge in [-0.1, -0.05) is 17.7 Å². The van der Waals surface area contributed by atoms with Crippen LogP contribution in [-0.2, 0) is 0 Å². The lowest BCUT2D eigenvalue weighted by molar-refractivity contribution is 0.0977. The molecule has 0 radical (unpaired) electrons. The van der Waals surface area contributed by atoms with E-state index in [9.17, 15) is 4.79 Å². The van der Waals surface area contributed by atoms with Crippen LogP contribution in [-0.4, -0.2) is 30.2 Å². The van der Waals surface area contributed by atoms with Crippen molar-refractivity contribution in [3.05, 3.63) is 71.2 Å². The van der Waals surface area contributed by atoms with Crippen LogP contribution in [0.25, 0.3) is 22.6 Å².